The van der Waals surface area contributed by atoms with Crippen molar-refractivity contribution in [3.05, 3.63) is 36.0 Å². The number of nitrogens with two attached hydrogens (primary N) is 1. The second kappa shape index (κ2) is 4.11. The van der Waals surface area contributed by atoms with Crippen LogP contribution in [0.3, 0.4) is 0 Å². The van der Waals surface area contributed by atoms with Gasteiger partial charge in [-0.15, -0.1) is 0 Å². The molecule has 2 N–H and O–H groups in total. The number of nitrogen functional groups attached to an aromatic ring is 1. The fourth-order valence-electron chi connectivity index (χ4n) is 1.13. The molecule has 5 heteroatoms. The summed E-state index contributed by atoms with van der Waals surface area (Å²) in [5, 5.41) is 3.80. The van der Waals surface area contributed by atoms with E-state index in [-0.39, 0.29) is 12.4 Å². The van der Waals surface area contributed by atoms with Crippen LogP contribution in [0.15, 0.2) is 34.9 Å². The van der Waals surface area contributed by atoms with Gasteiger partial charge < -0.3 is 18.1 Å². The maximum Gasteiger partial charge on any atom is 0.296 e. The monoisotopic (exact) mass is 211 g/mol. The van der Waals surface area contributed by atoms with Crippen molar-refractivity contribution in [2.75, 3.05) is 5.73 Å². The molecule has 0 fully saturated rings. The fourth-order valence-corrected chi connectivity index (χ4v) is 1.13. The van der Waals surface area contributed by atoms with Gasteiger partial charge in [0.1, 0.15) is 0 Å². The Morgan fingerprint density at radius 3 is 2.43 bits per heavy atom. The Balaban J connectivity index is 0.000000980. The van der Waals surface area contributed by atoms with E-state index >= 15 is 0 Å². The first-order valence-electron chi connectivity index (χ1n) is 3.98. The number of halogens is 1. The van der Waals surface area contributed by atoms with Gasteiger partial charge in [-0.25, -0.2) is 0 Å². The molecule has 1 heterocycles. The summed E-state index contributed by atoms with van der Waals surface area (Å²) in [7, 11) is 0. The normalized spacial score (nSPS) is 9.50. The highest BCUT2D eigenvalue weighted by molar-refractivity contribution is 5.27. The summed E-state index contributed by atoms with van der Waals surface area (Å²) < 4.78 is 6.50. The molecule has 0 aliphatic carbocycles. The Hall–Kier alpha value is -1.55. The van der Waals surface area contributed by atoms with Crippen molar-refractivity contribution >= 4 is 5.88 Å². The molecule has 0 saturated heterocycles. The van der Waals surface area contributed by atoms with E-state index in [1.807, 2.05) is 37.3 Å². The Kier molecular flexibility index (Phi) is 3.09. The molecule has 1 aromatic heterocycles. The smallest absolute Gasteiger partial charge is 0.296 e. The van der Waals surface area contributed by atoms with Gasteiger partial charge in [-0.2, -0.15) is 0 Å². The van der Waals surface area contributed by atoms with E-state index < -0.39 is 0 Å². The molecule has 2 rings (SSSR count). The summed E-state index contributed by atoms with van der Waals surface area (Å²) in [4.78, 5) is 0. The molecule has 74 valence electrons. The first-order chi connectivity index (χ1) is 6.29. The molecule has 0 spiro atoms. The van der Waals surface area contributed by atoms with E-state index in [9.17, 15) is 0 Å². The van der Waals surface area contributed by atoms with Gasteiger partial charge in [0.2, 0.25) is 11.0 Å². The summed E-state index contributed by atoms with van der Waals surface area (Å²) in [5.41, 5.74) is 7.28. The number of hydrogen-bond acceptors (Lipinski definition) is 3. The Labute approximate surface area is 87.7 Å². The highest BCUT2D eigenvalue weighted by atomic mass is 35.5. The van der Waals surface area contributed by atoms with E-state index in [1.54, 1.807) is 4.68 Å². The van der Waals surface area contributed by atoms with Gasteiger partial charge in [-0.1, -0.05) is 18.2 Å². The molecule has 0 amide bonds. The Morgan fingerprint density at radius 2 is 1.93 bits per heavy atom. The predicted octanol–water partition coefficient (Wildman–Crippen LogP) is -2.15. The van der Waals surface area contributed by atoms with Crippen molar-refractivity contribution in [3.63, 3.8) is 0 Å². The molecular weight excluding hydrogens is 202 g/mol. The minimum absolute atomic E-state index is 0. The summed E-state index contributed by atoms with van der Waals surface area (Å²) in [5.74, 6) is 0.351. The number of para-hydroxylation sites is 1. The fraction of sp³-hybridized carbons (Fsp3) is 0.111. The van der Waals surface area contributed by atoms with Crippen LogP contribution < -0.4 is 22.8 Å². The van der Waals surface area contributed by atoms with Gasteiger partial charge in [-0.05, 0) is 4.68 Å². The van der Waals surface area contributed by atoms with Crippen molar-refractivity contribution in [1.82, 2.24) is 5.27 Å². The lowest BCUT2D eigenvalue weighted by molar-refractivity contribution is -0.675. The number of rotatable bonds is 1. The number of anilines is 1. The van der Waals surface area contributed by atoms with Crippen LogP contribution in [0.1, 0.15) is 5.69 Å². The third-order valence-electron chi connectivity index (χ3n) is 1.90. The quantitative estimate of drug-likeness (QED) is 0.547. The summed E-state index contributed by atoms with van der Waals surface area (Å²) in [6.45, 7) is 1.86. The second-order valence-corrected chi connectivity index (χ2v) is 2.77. The first-order valence-corrected chi connectivity index (χ1v) is 3.98. The van der Waals surface area contributed by atoms with Crippen LogP contribution in [0.2, 0.25) is 0 Å². The van der Waals surface area contributed by atoms with Crippen LogP contribution in [-0.2, 0) is 0 Å². The minimum Gasteiger partial charge on any atom is -1.00 e. The predicted molar refractivity (Wildman–Crippen MR) is 47.2 cm³/mol. The SMILES string of the molecule is Cc1c(N)on[n+]1-c1ccccc1.[Cl-]. The lowest BCUT2D eigenvalue weighted by Crippen LogP contribution is -3.00. The molecule has 0 unspecified atom stereocenters. The van der Waals surface area contributed by atoms with Gasteiger partial charge in [0, 0.05) is 19.1 Å². The molecule has 1 aromatic carbocycles. The molecule has 0 saturated carbocycles. The van der Waals surface area contributed by atoms with Crippen LogP contribution in [0, 0.1) is 6.92 Å². The third kappa shape index (κ3) is 1.70. The van der Waals surface area contributed by atoms with Crippen LogP contribution in [0.25, 0.3) is 5.69 Å². The zero-order valence-corrected chi connectivity index (χ0v) is 8.40. The van der Waals surface area contributed by atoms with Gasteiger partial charge >= 0.3 is 0 Å². The Morgan fingerprint density at radius 1 is 1.29 bits per heavy atom. The molecule has 0 bridgehead atoms. The van der Waals surface area contributed by atoms with E-state index in [0.29, 0.717) is 5.88 Å². The minimum atomic E-state index is 0. The zero-order valence-electron chi connectivity index (χ0n) is 7.64. The van der Waals surface area contributed by atoms with E-state index in [0.717, 1.165) is 11.4 Å². The Bertz CT molecular complexity index is 413. The number of benzene rings is 1. The average Bonchev–Trinajstić information content (AvgIpc) is 2.49. The molecule has 0 radical (unpaired) electrons. The molecule has 4 nitrogen and oxygen atoms in total. The lowest BCUT2D eigenvalue weighted by atomic mass is 10.3. The standard InChI is InChI=1S/C9H10N3O.ClH/c1-7-9(10)13-11-12(7)8-5-3-2-4-6-8;/h2-6H,10H2,1H3;1H/q+1;/p-1. The summed E-state index contributed by atoms with van der Waals surface area (Å²) >= 11 is 0. The van der Waals surface area contributed by atoms with E-state index in [1.165, 1.54) is 0 Å². The maximum atomic E-state index is 5.53. The average molecular weight is 212 g/mol. The van der Waals surface area contributed by atoms with Crippen LogP contribution in [-0.4, -0.2) is 5.27 Å². The third-order valence-corrected chi connectivity index (χ3v) is 1.90. The molecule has 0 atom stereocenters. The van der Waals surface area contributed by atoms with Gasteiger partial charge in [0.25, 0.3) is 11.6 Å². The van der Waals surface area contributed by atoms with Gasteiger partial charge in [0.05, 0.1) is 0 Å². The second-order valence-electron chi connectivity index (χ2n) is 2.77. The topological polar surface area (TPSA) is 55.9 Å². The maximum absolute atomic E-state index is 5.53. The summed E-state index contributed by atoms with van der Waals surface area (Å²) in [6.07, 6.45) is 0. The van der Waals surface area contributed by atoms with Crippen molar-refractivity contribution in [2.45, 2.75) is 6.92 Å². The van der Waals surface area contributed by atoms with Crippen LogP contribution in [0.5, 0.6) is 0 Å². The van der Waals surface area contributed by atoms with Crippen molar-refractivity contribution in [2.24, 2.45) is 0 Å². The number of nitrogens with zero attached hydrogens (tertiary/aromatic N) is 2. The molecular formula is C9H10ClN3O. The van der Waals surface area contributed by atoms with E-state index in [4.69, 9.17) is 10.3 Å². The largest absolute Gasteiger partial charge is 1.00 e. The molecule has 2 aromatic rings. The van der Waals surface area contributed by atoms with Crippen molar-refractivity contribution < 1.29 is 21.6 Å². The van der Waals surface area contributed by atoms with E-state index in [2.05, 4.69) is 5.27 Å². The molecule has 0 aliphatic heterocycles. The van der Waals surface area contributed by atoms with Crippen molar-refractivity contribution in [3.8, 4) is 5.69 Å². The highest BCUT2D eigenvalue weighted by Crippen LogP contribution is 2.05. The van der Waals surface area contributed by atoms with Crippen molar-refractivity contribution in [1.29, 1.82) is 0 Å². The van der Waals surface area contributed by atoms with Gasteiger partial charge in [-0.3, -0.25) is 4.52 Å². The number of aromatic nitrogens is 2. The lowest BCUT2D eigenvalue weighted by Gasteiger charge is -1.86. The van der Waals surface area contributed by atoms with Crippen LogP contribution in [0.4, 0.5) is 5.88 Å². The first kappa shape index (κ1) is 10.5. The highest BCUT2D eigenvalue weighted by Gasteiger charge is 2.19. The van der Waals surface area contributed by atoms with Crippen LogP contribution >= 0.6 is 0 Å². The molecule has 0 aliphatic rings. The number of hydrogen-bond donors (Lipinski definition) is 1. The van der Waals surface area contributed by atoms with Gasteiger partial charge in [0.15, 0.2) is 0 Å². The zero-order chi connectivity index (χ0) is 9.26. The molecule has 14 heavy (non-hydrogen) atoms. The summed E-state index contributed by atoms with van der Waals surface area (Å²) in [6, 6.07) is 9.70.